The van der Waals surface area contributed by atoms with Gasteiger partial charge in [-0.3, -0.25) is 0 Å². The van der Waals surface area contributed by atoms with Crippen molar-refractivity contribution in [2.45, 2.75) is 73.1 Å². The van der Waals surface area contributed by atoms with E-state index in [0.717, 1.165) is 5.92 Å². The summed E-state index contributed by atoms with van der Waals surface area (Å²) in [7, 11) is 0. The van der Waals surface area contributed by atoms with Crippen molar-refractivity contribution < 1.29 is 0 Å². The van der Waals surface area contributed by atoms with E-state index in [0.29, 0.717) is 10.8 Å². The standard InChI is InChI=1S/C14H28/c1-6-13(3,4)12-9-8-10-14(5,7-2)11-12/h12H,6-11H2,1-5H3. The molecule has 1 rings (SSSR count). The molecule has 1 aliphatic rings. The van der Waals surface area contributed by atoms with Crippen LogP contribution < -0.4 is 0 Å². The van der Waals surface area contributed by atoms with Crippen LogP contribution in [0.4, 0.5) is 0 Å². The summed E-state index contributed by atoms with van der Waals surface area (Å²) in [6.45, 7) is 12.1. The molecule has 1 aliphatic carbocycles. The summed E-state index contributed by atoms with van der Waals surface area (Å²) in [5.41, 5.74) is 1.21. The van der Waals surface area contributed by atoms with Crippen molar-refractivity contribution in [1.29, 1.82) is 0 Å². The van der Waals surface area contributed by atoms with Gasteiger partial charge in [0.15, 0.2) is 0 Å². The molecule has 0 aromatic rings. The van der Waals surface area contributed by atoms with Crippen molar-refractivity contribution in [2.75, 3.05) is 0 Å². The summed E-state index contributed by atoms with van der Waals surface area (Å²) in [6.07, 6.45) is 8.54. The molecule has 0 heteroatoms. The second kappa shape index (κ2) is 4.24. The van der Waals surface area contributed by atoms with Gasteiger partial charge in [-0.1, -0.05) is 53.9 Å². The van der Waals surface area contributed by atoms with Gasteiger partial charge in [-0.2, -0.15) is 0 Å². The monoisotopic (exact) mass is 196 g/mol. The molecule has 14 heavy (non-hydrogen) atoms. The molecule has 0 radical (unpaired) electrons. The average Bonchev–Trinajstić information content (AvgIpc) is 2.18. The number of hydrogen-bond donors (Lipinski definition) is 0. The first-order chi connectivity index (χ1) is 6.43. The van der Waals surface area contributed by atoms with Gasteiger partial charge in [0, 0.05) is 0 Å². The number of rotatable bonds is 3. The lowest BCUT2D eigenvalue weighted by molar-refractivity contribution is 0.0675. The minimum atomic E-state index is 0.566. The molecule has 84 valence electrons. The van der Waals surface area contributed by atoms with E-state index in [1.54, 1.807) is 0 Å². The third-order valence-corrected chi connectivity index (χ3v) is 4.94. The molecule has 0 N–H and O–H groups in total. The number of hydrogen-bond acceptors (Lipinski definition) is 0. The van der Waals surface area contributed by atoms with Crippen LogP contribution in [0, 0.1) is 16.7 Å². The van der Waals surface area contributed by atoms with E-state index in [-0.39, 0.29) is 0 Å². The highest BCUT2D eigenvalue weighted by atomic mass is 14.4. The third kappa shape index (κ3) is 2.52. The Morgan fingerprint density at radius 1 is 1.29 bits per heavy atom. The maximum absolute atomic E-state index is 2.49. The molecule has 0 bridgehead atoms. The summed E-state index contributed by atoms with van der Waals surface area (Å²) >= 11 is 0. The average molecular weight is 196 g/mol. The fraction of sp³-hybridized carbons (Fsp3) is 1.00. The van der Waals surface area contributed by atoms with E-state index in [4.69, 9.17) is 0 Å². The summed E-state index contributed by atoms with van der Waals surface area (Å²) < 4.78 is 0. The van der Waals surface area contributed by atoms with Gasteiger partial charge in [0.25, 0.3) is 0 Å². The van der Waals surface area contributed by atoms with Crippen LogP contribution in [0.3, 0.4) is 0 Å². The third-order valence-electron chi connectivity index (χ3n) is 4.94. The Morgan fingerprint density at radius 3 is 2.43 bits per heavy atom. The van der Waals surface area contributed by atoms with Crippen LogP contribution in [-0.4, -0.2) is 0 Å². The van der Waals surface area contributed by atoms with Gasteiger partial charge in [0.2, 0.25) is 0 Å². The first kappa shape index (κ1) is 12.1. The van der Waals surface area contributed by atoms with Gasteiger partial charge in [0.1, 0.15) is 0 Å². The predicted molar refractivity (Wildman–Crippen MR) is 64.4 cm³/mol. The van der Waals surface area contributed by atoms with E-state index < -0.39 is 0 Å². The van der Waals surface area contributed by atoms with Gasteiger partial charge >= 0.3 is 0 Å². The topological polar surface area (TPSA) is 0 Å². The Hall–Kier alpha value is 0. The first-order valence-corrected chi connectivity index (χ1v) is 6.43. The highest BCUT2D eigenvalue weighted by Gasteiger charge is 2.37. The van der Waals surface area contributed by atoms with Gasteiger partial charge < -0.3 is 0 Å². The van der Waals surface area contributed by atoms with Crippen LogP contribution >= 0.6 is 0 Å². The van der Waals surface area contributed by atoms with E-state index in [2.05, 4.69) is 34.6 Å². The Labute approximate surface area is 90.5 Å². The molecule has 0 aliphatic heterocycles. The summed E-state index contributed by atoms with van der Waals surface area (Å²) in [5, 5.41) is 0. The predicted octanol–water partition coefficient (Wildman–Crippen LogP) is 5.03. The molecule has 2 atom stereocenters. The van der Waals surface area contributed by atoms with Crippen LogP contribution in [0.25, 0.3) is 0 Å². The molecule has 2 unspecified atom stereocenters. The van der Waals surface area contributed by atoms with Crippen LogP contribution in [0.1, 0.15) is 73.1 Å². The molecule has 0 saturated heterocycles. The second-order valence-electron chi connectivity index (χ2n) is 6.30. The Balaban J connectivity index is 2.65. The van der Waals surface area contributed by atoms with Crippen molar-refractivity contribution in [2.24, 2.45) is 16.7 Å². The molecule has 1 saturated carbocycles. The lowest BCUT2D eigenvalue weighted by Gasteiger charge is -2.44. The molecular formula is C14H28. The normalized spacial score (nSPS) is 34.5. The van der Waals surface area contributed by atoms with Crippen molar-refractivity contribution in [3.05, 3.63) is 0 Å². The summed E-state index contributed by atoms with van der Waals surface area (Å²) in [5.74, 6) is 0.964. The van der Waals surface area contributed by atoms with Crippen LogP contribution in [0.15, 0.2) is 0 Å². The molecule has 1 fully saturated rings. The van der Waals surface area contributed by atoms with Gasteiger partial charge in [-0.25, -0.2) is 0 Å². The minimum Gasteiger partial charge on any atom is -0.0649 e. The fourth-order valence-corrected chi connectivity index (χ4v) is 2.85. The van der Waals surface area contributed by atoms with Crippen molar-refractivity contribution in [3.63, 3.8) is 0 Å². The zero-order valence-electron chi connectivity index (χ0n) is 10.8. The Bertz CT molecular complexity index is 176. The van der Waals surface area contributed by atoms with Crippen LogP contribution in [0.2, 0.25) is 0 Å². The van der Waals surface area contributed by atoms with E-state index in [1.807, 2.05) is 0 Å². The fourth-order valence-electron chi connectivity index (χ4n) is 2.85. The molecule has 0 aromatic carbocycles. The van der Waals surface area contributed by atoms with Crippen molar-refractivity contribution >= 4 is 0 Å². The molecule has 0 heterocycles. The van der Waals surface area contributed by atoms with Gasteiger partial charge in [0.05, 0.1) is 0 Å². The van der Waals surface area contributed by atoms with E-state index in [9.17, 15) is 0 Å². The largest absolute Gasteiger partial charge is 0.0649 e. The maximum Gasteiger partial charge on any atom is -0.0326 e. The van der Waals surface area contributed by atoms with Crippen LogP contribution in [0.5, 0.6) is 0 Å². The second-order valence-corrected chi connectivity index (χ2v) is 6.30. The Morgan fingerprint density at radius 2 is 1.93 bits per heavy atom. The minimum absolute atomic E-state index is 0.566. The highest BCUT2D eigenvalue weighted by Crippen LogP contribution is 2.48. The van der Waals surface area contributed by atoms with E-state index >= 15 is 0 Å². The Kier molecular flexibility index (Phi) is 3.66. The summed E-state index contributed by atoms with van der Waals surface area (Å²) in [4.78, 5) is 0. The first-order valence-electron chi connectivity index (χ1n) is 6.43. The highest BCUT2D eigenvalue weighted by molar-refractivity contribution is 4.88. The molecule has 0 spiro atoms. The SMILES string of the molecule is CCC1(C)CCCC(C(C)(C)CC)C1. The van der Waals surface area contributed by atoms with E-state index in [1.165, 1.54) is 38.5 Å². The smallest absolute Gasteiger partial charge is 0.0326 e. The molecule has 0 nitrogen and oxygen atoms in total. The maximum atomic E-state index is 2.49. The van der Waals surface area contributed by atoms with Crippen LogP contribution in [-0.2, 0) is 0 Å². The molecular weight excluding hydrogens is 168 g/mol. The molecule has 0 aromatic heterocycles. The zero-order chi connectivity index (χ0) is 10.8. The quantitative estimate of drug-likeness (QED) is 0.594. The lowest BCUT2D eigenvalue weighted by Crippen LogP contribution is -2.33. The van der Waals surface area contributed by atoms with Gasteiger partial charge in [-0.15, -0.1) is 0 Å². The van der Waals surface area contributed by atoms with Gasteiger partial charge in [-0.05, 0) is 36.0 Å². The van der Waals surface area contributed by atoms with Crippen molar-refractivity contribution in [3.8, 4) is 0 Å². The summed E-state index contributed by atoms with van der Waals surface area (Å²) in [6, 6.07) is 0. The molecule has 0 amide bonds. The van der Waals surface area contributed by atoms with Crippen molar-refractivity contribution in [1.82, 2.24) is 0 Å². The zero-order valence-corrected chi connectivity index (χ0v) is 10.8. The lowest BCUT2D eigenvalue weighted by atomic mass is 9.61.